The molecule has 0 saturated carbocycles. The molecule has 1 atom stereocenters. The van der Waals surface area contributed by atoms with E-state index in [1.807, 2.05) is 19.9 Å². The van der Waals surface area contributed by atoms with Gasteiger partial charge >= 0.3 is 8.80 Å². The molecule has 1 rings (SSSR count). The van der Waals surface area contributed by atoms with Crippen molar-refractivity contribution >= 4 is 23.3 Å². The van der Waals surface area contributed by atoms with E-state index in [9.17, 15) is 0 Å². The fourth-order valence-corrected chi connectivity index (χ4v) is 7.29. The lowest BCUT2D eigenvalue weighted by molar-refractivity contribution is 0.0587. The van der Waals surface area contributed by atoms with Crippen LogP contribution in [0.15, 0.2) is 30.3 Å². The zero-order valence-electron chi connectivity index (χ0n) is 17.3. The predicted octanol–water partition coefficient (Wildman–Crippen LogP) is 4.27. The zero-order chi connectivity index (χ0) is 19.1. The summed E-state index contributed by atoms with van der Waals surface area (Å²) in [7, 11) is -3.76. The number of benzene rings is 1. The highest BCUT2D eigenvalue weighted by Crippen LogP contribution is 2.27. The van der Waals surface area contributed by atoms with Gasteiger partial charge in [0.25, 0.3) is 0 Å². The molecule has 0 heterocycles. The van der Waals surface area contributed by atoms with Crippen LogP contribution in [0.25, 0.3) is 0 Å². The molecule has 25 heavy (non-hydrogen) atoms. The topological polar surface area (TPSA) is 30.9 Å². The second-order valence-electron chi connectivity index (χ2n) is 7.71. The standard InChI is InChI=1S/C19H37NO3Si2/c1-9-21-25(22-10-2,23-17(3)24(7)8)16-20(19(4,5)6)18-14-12-11-13-15-18/h11-15,17,24H,9-10,16H2,1-8H3. The molecule has 0 bridgehead atoms. The number of nitrogens with zero attached hydrogens (tertiary/aromatic N) is 1. The smallest absolute Gasteiger partial charge is 0.373 e. The third-order valence-electron chi connectivity index (χ3n) is 4.26. The second kappa shape index (κ2) is 9.87. The van der Waals surface area contributed by atoms with Crippen molar-refractivity contribution in [2.24, 2.45) is 0 Å². The number of hydrogen-bond acceptors (Lipinski definition) is 4. The Bertz CT molecular complexity index is 485. The number of hydrogen-bond donors (Lipinski definition) is 0. The number of rotatable bonds is 10. The van der Waals surface area contributed by atoms with E-state index in [-0.39, 0.29) is 11.3 Å². The van der Waals surface area contributed by atoms with E-state index in [0.29, 0.717) is 19.4 Å². The van der Waals surface area contributed by atoms with Crippen molar-refractivity contribution in [3.63, 3.8) is 0 Å². The van der Waals surface area contributed by atoms with Gasteiger partial charge in [0.05, 0.1) is 15.0 Å². The van der Waals surface area contributed by atoms with Gasteiger partial charge in [-0.25, -0.2) is 0 Å². The van der Waals surface area contributed by atoms with Crippen LogP contribution < -0.4 is 4.90 Å². The van der Waals surface area contributed by atoms with Gasteiger partial charge in [-0.3, -0.25) is 0 Å². The highest BCUT2D eigenvalue weighted by molar-refractivity contribution is 6.64. The Morgan fingerprint density at radius 2 is 1.56 bits per heavy atom. The Morgan fingerprint density at radius 3 is 1.96 bits per heavy atom. The molecule has 0 aromatic heterocycles. The molecule has 1 aromatic carbocycles. The first-order valence-corrected chi connectivity index (χ1v) is 14.3. The molecule has 1 aromatic rings. The molecule has 0 N–H and O–H groups in total. The van der Waals surface area contributed by atoms with Crippen molar-refractivity contribution in [3.8, 4) is 0 Å². The summed E-state index contributed by atoms with van der Waals surface area (Å²) in [4.78, 5) is 2.36. The molecule has 0 amide bonds. The molecule has 0 saturated heterocycles. The maximum atomic E-state index is 6.54. The van der Waals surface area contributed by atoms with Gasteiger partial charge < -0.3 is 18.2 Å². The number of anilines is 1. The first kappa shape index (κ1) is 22.4. The van der Waals surface area contributed by atoms with Gasteiger partial charge in [0.2, 0.25) is 0 Å². The monoisotopic (exact) mass is 383 g/mol. The van der Waals surface area contributed by atoms with Crippen molar-refractivity contribution in [1.29, 1.82) is 0 Å². The average Bonchev–Trinajstić information content (AvgIpc) is 2.53. The van der Waals surface area contributed by atoms with Gasteiger partial charge in [0.15, 0.2) is 0 Å². The van der Waals surface area contributed by atoms with Crippen LogP contribution in [0.1, 0.15) is 41.5 Å². The Balaban J connectivity index is 3.21. The molecular formula is C19H37NO3Si2. The van der Waals surface area contributed by atoms with Crippen LogP contribution >= 0.6 is 0 Å². The summed E-state index contributed by atoms with van der Waals surface area (Å²) in [5, 5.41) is 0. The summed E-state index contributed by atoms with van der Waals surface area (Å²) >= 11 is 0. The van der Waals surface area contributed by atoms with Crippen LogP contribution in [0.2, 0.25) is 13.1 Å². The second-order valence-corrected chi connectivity index (χ2v) is 13.6. The number of para-hydroxylation sites is 1. The SMILES string of the molecule is CCO[Si](CN(c1ccccc1)C(C)(C)C)(OCC)OC(C)[SiH](C)C. The van der Waals surface area contributed by atoms with Crippen LogP contribution in [-0.2, 0) is 13.3 Å². The highest BCUT2D eigenvalue weighted by Gasteiger charge is 2.46. The van der Waals surface area contributed by atoms with Crippen molar-refractivity contribution in [2.75, 3.05) is 24.3 Å². The van der Waals surface area contributed by atoms with E-state index in [1.54, 1.807) is 0 Å². The molecule has 6 heteroatoms. The van der Waals surface area contributed by atoms with Crippen LogP contribution in [0.3, 0.4) is 0 Å². The van der Waals surface area contributed by atoms with E-state index >= 15 is 0 Å². The molecule has 0 spiro atoms. The van der Waals surface area contributed by atoms with Gasteiger partial charge in [-0.2, -0.15) is 0 Å². The van der Waals surface area contributed by atoms with E-state index in [1.165, 1.54) is 5.69 Å². The molecular weight excluding hydrogens is 346 g/mol. The van der Waals surface area contributed by atoms with Crippen molar-refractivity contribution in [2.45, 2.75) is 65.9 Å². The van der Waals surface area contributed by atoms with Crippen molar-refractivity contribution in [1.82, 2.24) is 0 Å². The Morgan fingerprint density at radius 1 is 1.04 bits per heavy atom. The third-order valence-corrected chi connectivity index (χ3v) is 9.44. The summed E-state index contributed by atoms with van der Waals surface area (Å²) in [5.74, 6) is 0. The summed E-state index contributed by atoms with van der Waals surface area (Å²) in [6, 6.07) is 10.5. The fourth-order valence-electron chi connectivity index (χ4n) is 2.61. The summed E-state index contributed by atoms with van der Waals surface area (Å²) in [5.41, 5.74) is 1.34. The van der Waals surface area contributed by atoms with E-state index < -0.39 is 17.6 Å². The molecule has 0 aliphatic heterocycles. The van der Waals surface area contributed by atoms with Crippen LogP contribution in [0, 0.1) is 0 Å². The van der Waals surface area contributed by atoms with Crippen LogP contribution in [0.4, 0.5) is 5.69 Å². The lowest BCUT2D eigenvalue weighted by Gasteiger charge is -2.43. The van der Waals surface area contributed by atoms with Crippen LogP contribution in [-0.4, -0.2) is 48.2 Å². The highest BCUT2D eigenvalue weighted by atomic mass is 28.4. The Hall–Kier alpha value is -0.666. The molecule has 4 nitrogen and oxygen atoms in total. The Labute approximate surface area is 157 Å². The lowest BCUT2D eigenvalue weighted by Crippen LogP contribution is -2.61. The normalized spacial score (nSPS) is 14.0. The summed E-state index contributed by atoms with van der Waals surface area (Å²) in [6.45, 7) is 18.7. The lowest BCUT2D eigenvalue weighted by atomic mass is 10.1. The third kappa shape index (κ3) is 6.86. The van der Waals surface area contributed by atoms with Gasteiger partial charge in [0.1, 0.15) is 0 Å². The first-order chi connectivity index (χ1) is 11.6. The van der Waals surface area contributed by atoms with E-state index in [4.69, 9.17) is 13.3 Å². The minimum absolute atomic E-state index is 0.0599. The van der Waals surface area contributed by atoms with Crippen LogP contribution in [0.5, 0.6) is 0 Å². The minimum atomic E-state index is -2.82. The molecule has 0 radical (unpaired) electrons. The molecule has 0 fully saturated rings. The fraction of sp³-hybridized carbons (Fsp3) is 0.684. The van der Waals surface area contributed by atoms with Gasteiger partial charge in [-0.1, -0.05) is 31.3 Å². The van der Waals surface area contributed by atoms with Gasteiger partial charge in [-0.05, 0) is 53.7 Å². The Kier molecular flexibility index (Phi) is 8.84. The zero-order valence-corrected chi connectivity index (χ0v) is 19.5. The molecule has 144 valence electrons. The predicted molar refractivity (Wildman–Crippen MR) is 112 cm³/mol. The summed E-state index contributed by atoms with van der Waals surface area (Å²) < 4.78 is 19.0. The first-order valence-electron chi connectivity index (χ1n) is 9.43. The maximum Gasteiger partial charge on any atom is 0.521 e. The quantitative estimate of drug-likeness (QED) is 0.565. The minimum Gasteiger partial charge on any atom is -0.373 e. The molecule has 0 aliphatic carbocycles. The van der Waals surface area contributed by atoms with Gasteiger partial charge in [-0.15, -0.1) is 0 Å². The van der Waals surface area contributed by atoms with Crippen molar-refractivity contribution < 1.29 is 13.3 Å². The van der Waals surface area contributed by atoms with E-state index in [0.717, 1.165) is 0 Å². The average molecular weight is 384 g/mol. The van der Waals surface area contributed by atoms with Gasteiger partial charge in [0, 0.05) is 30.2 Å². The molecule has 0 aliphatic rings. The largest absolute Gasteiger partial charge is 0.521 e. The molecule has 1 unspecified atom stereocenters. The van der Waals surface area contributed by atoms with E-state index in [2.05, 4.69) is 70.0 Å². The van der Waals surface area contributed by atoms with Crippen molar-refractivity contribution in [3.05, 3.63) is 30.3 Å². The summed E-state index contributed by atoms with van der Waals surface area (Å²) in [6.07, 6.45) is 0.660. The maximum absolute atomic E-state index is 6.54.